The summed E-state index contributed by atoms with van der Waals surface area (Å²) in [4.78, 5) is 39.2. The highest BCUT2D eigenvalue weighted by molar-refractivity contribution is 5.93. The van der Waals surface area contributed by atoms with Crippen molar-refractivity contribution in [3.63, 3.8) is 0 Å². The van der Waals surface area contributed by atoms with Crippen molar-refractivity contribution in [1.29, 1.82) is 0 Å². The first kappa shape index (κ1) is 31.7. The van der Waals surface area contributed by atoms with Crippen LogP contribution in [0, 0.1) is 5.92 Å². The number of allylic oxidation sites excluding steroid dienone is 1. The first-order valence-electron chi connectivity index (χ1n) is 10.8. The number of Topliss-reactive ketones (excluding diaryl/α,β-unsaturated/α-hetero) is 1. The van der Waals surface area contributed by atoms with Crippen LogP contribution >= 0.6 is 0 Å². The molecule has 0 aromatic rings. The van der Waals surface area contributed by atoms with Crippen LogP contribution in [0.4, 0.5) is 0 Å². The van der Waals surface area contributed by atoms with Gasteiger partial charge >= 0.3 is 0 Å². The summed E-state index contributed by atoms with van der Waals surface area (Å²) in [6, 6.07) is -0.334. The molecule has 2 amide bonds. The maximum absolute atomic E-state index is 12.3. The minimum absolute atomic E-state index is 0. The van der Waals surface area contributed by atoms with E-state index in [9.17, 15) is 14.4 Å². The fraction of sp³-hybridized carbons (Fsp3) is 0.696. The van der Waals surface area contributed by atoms with Gasteiger partial charge in [0.1, 0.15) is 0 Å². The number of ketones is 1. The summed E-state index contributed by atoms with van der Waals surface area (Å²) in [5.41, 5.74) is 0.730. The molecular weight excluding hydrogens is 368 g/mol. The van der Waals surface area contributed by atoms with Gasteiger partial charge in [0, 0.05) is 38.2 Å². The Balaban J connectivity index is -0.00000127. The molecule has 1 heterocycles. The van der Waals surface area contributed by atoms with Crippen LogP contribution in [0.5, 0.6) is 0 Å². The summed E-state index contributed by atoms with van der Waals surface area (Å²) >= 11 is 0. The molecule has 1 aliphatic heterocycles. The normalized spacial score (nSPS) is 13.1. The van der Waals surface area contributed by atoms with E-state index in [1.165, 1.54) is 6.08 Å². The van der Waals surface area contributed by atoms with Crippen molar-refractivity contribution < 1.29 is 19.9 Å². The highest BCUT2D eigenvalue weighted by Gasteiger charge is 2.28. The molecule has 0 fully saturated rings. The van der Waals surface area contributed by atoms with Crippen LogP contribution in [0.15, 0.2) is 24.4 Å². The maximum atomic E-state index is 12.3. The second-order valence-electron chi connectivity index (χ2n) is 6.64. The zero-order chi connectivity index (χ0) is 22.3. The molecule has 1 aliphatic rings. The van der Waals surface area contributed by atoms with Crippen molar-refractivity contribution in [1.82, 2.24) is 9.80 Å². The van der Waals surface area contributed by atoms with E-state index < -0.39 is 0 Å². The maximum Gasteiger partial charge on any atom is 0.251 e. The number of carbonyl (C=O) groups is 3. The molecule has 0 bridgehead atoms. The van der Waals surface area contributed by atoms with Crippen LogP contribution in [-0.2, 0) is 14.4 Å². The lowest BCUT2D eigenvalue weighted by molar-refractivity contribution is -0.139. The number of rotatable bonds is 10. The van der Waals surface area contributed by atoms with E-state index in [1.54, 1.807) is 22.9 Å². The van der Waals surface area contributed by atoms with Gasteiger partial charge < -0.3 is 15.3 Å². The van der Waals surface area contributed by atoms with Crippen LogP contribution in [0.1, 0.15) is 80.6 Å². The number of likely N-dealkylation sites (N-methyl/N-ethyl adjacent to an activating group) is 1. The van der Waals surface area contributed by atoms with Crippen molar-refractivity contribution in [3.05, 3.63) is 24.4 Å². The third-order valence-corrected chi connectivity index (χ3v) is 4.42. The van der Waals surface area contributed by atoms with Gasteiger partial charge in [-0.25, -0.2) is 0 Å². The highest BCUT2D eigenvalue weighted by Crippen LogP contribution is 2.16. The molecule has 0 unspecified atom stereocenters. The fourth-order valence-electron chi connectivity index (χ4n) is 3.04. The topological polar surface area (TPSA) is 89.2 Å². The van der Waals surface area contributed by atoms with Crippen LogP contribution in [-0.4, -0.2) is 52.5 Å². The number of nitrogens with zero attached hydrogens (tertiary/aromatic N) is 2. The summed E-state index contributed by atoms with van der Waals surface area (Å²) in [5.74, 6) is 0.220. The number of hydrogen-bond donors (Lipinski definition) is 0. The fourth-order valence-corrected chi connectivity index (χ4v) is 3.04. The van der Waals surface area contributed by atoms with E-state index >= 15 is 0 Å². The molecule has 170 valence electrons. The van der Waals surface area contributed by atoms with E-state index in [-0.39, 0.29) is 35.0 Å². The number of unbranched alkanes of at least 4 members (excludes halogenated alkanes) is 2. The van der Waals surface area contributed by atoms with E-state index in [4.69, 9.17) is 0 Å². The molecular formula is C23H44N2O4. The molecule has 29 heavy (non-hydrogen) atoms. The smallest absolute Gasteiger partial charge is 0.251 e. The first-order chi connectivity index (χ1) is 13.3. The molecule has 0 radical (unpaired) electrons. The molecule has 1 atom stereocenters. The molecule has 0 aliphatic carbocycles. The summed E-state index contributed by atoms with van der Waals surface area (Å²) in [7, 11) is 1.72. The molecule has 6 nitrogen and oxygen atoms in total. The predicted octanol–water partition coefficient (Wildman–Crippen LogP) is 4.15. The standard InChI is InChI=1S/C19H30N2O3.2C2H6.H2O/c1-6-16(22)19(14(2)3)20(5)17(23)10-8-7-9-13-21-15(4)11-12-18(21)24;2*1-2;/h11-12,14,19H,4,6-10,13H2,1-3,5H3;2*1-2H3;1H2/t19-;;;/m0.../s1. The Morgan fingerprint density at radius 3 is 2.03 bits per heavy atom. The average Bonchev–Trinajstić information content (AvgIpc) is 3.02. The lowest BCUT2D eigenvalue weighted by Crippen LogP contribution is -2.45. The Labute approximate surface area is 178 Å². The van der Waals surface area contributed by atoms with Crippen LogP contribution < -0.4 is 0 Å². The van der Waals surface area contributed by atoms with E-state index in [2.05, 4.69) is 6.58 Å². The molecule has 1 rings (SSSR count). The predicted molar refractivity (Wildman–Crippen MR) is 121 cm³/mol. The minimum Gasteiger partial charge on any atom is -0.412 e. The molecule has 2 N–H and O–H groups in total. The van der Waals surface area contributed by atoms with Gasteiger partial charge in [0.05, 0.1) is 6.04 Å². The summed E-state index contributed by atoms with van der Waals surface area (Å²) < 4.78 is 0. The quantitative estimate of drug-likeness (QED) is 0.505. The molecule has 0 saturated carbocycles. The lowest BCUT2D eigenvalue weighted by atomic mass is 9.96. The minimum atomic E-state index is -0.334. The zero-order valence-electron chi connectivity index (χ0n) is 19.9. The van der Waals surface area contributed by atoms with Gasteiger partial charge in [0.15, 0.2) is 5.78 Å². The van der Waals surface area contributed by atoms with Crippen LogP contribution in [0.3, 0.4) is 0 Å². The van der Waals surface area contributed by atoms with Crippen molar-refractivity contribution in [2.75, 3.05) is 13.6 Å². The molecule has 6 heteroatoms. The first-order valence-corrected chi connectivity index (χ1v) is 10.8. The number of hydrogen-bond acceptors (Lipinski definition) is 3. The zero-order valence-corrected chi connectivity index (χ0v) is 19.9. The average molecular weight is 413 g/mol. The Kier molecular flexibility index (Phi) is 19.8. The number of carbonyl (C=O) groups excluding carboxylic acids is 3. The van der Waals surface area contributed by atoms with E-state index in [1.807, 2.05) is 48.5 Å². The largest absolute Gasteiger partial charge is 0.412 e. The van der Waals surface area contributed by atoms with Crippen molar-refractivity contribution in [3.8, 4) is 0 Å². The van der Waals surface area contributed by atoms with Crippen molar-refractivity contribution in [2.45, 2.75) is 86.6 Å². The Morgan fingerprint density at radius 1 is 1.07 bits per heavy atom. The van der Waals surface area contributed by atoms with E-state index in [0.29, 0.717) is 19.4 Å². The van der Waals surface area contributed by atoms with Crippen molar-refractivity contribution in [2.24, 2.45) is 5.92 Å². The third kappa shape index (κ3) is 11.0. The van der Waals surface area contributed by atoms with Crippen LogP contribution in [0.25, 0.3) is 0 Å². The second-order valence-corrected chi connectivity index (χ2v) is 6.64. The third-order valence-electron chi connectivity index (χ3n) is 4.42. The summed E-state index contributed by atoms with van der Waals surface area (Å²) in [6.45, 7) is 18.2. The molecule has 0 aromatic carbocycles. The van der Waals surface area contributed by atoms with E-state index in [0.717, 1.165) is 25.0 Å². The van der Waals surface area contributed by atoms with Gasteiger partial charge in [-0.1, -0.05) is 61.5 Å². The van der Waals surface area contributed by atoms with Gasteiger partial charge in [-0.2, -0.15) is 0 Å². The Hall–Kier alpha value is -1.95. The number of amides is 2. The molecule has 0 aromatic heterocycles. The highest BCUT2D eigenvalue weighted by atomic mass is 16.2. The van der Waals surface area contributed by atoms with Gasteiger partial charge in [0.2, 0.25) is 5.91 Å². The van der Waals surface area contributed by atoms with Gasteiger partial charge in [0.25, 0.3) is 5.91 Å². The monoisotopic (exact) mass is 412 g/mol. The summed E-state index contributed by atoms with van der Waals surface area (Å²) in [5, 5.41) is 0. The molecule has 0 spiro atoms. The van der Waals surface area contributed by atoms with Gasteiger partial charge in [-0.3, -0.25) is 14.4 Å². The molecule has 0 saturated heterocycles. The SMILES string of the molecule is C=C1C=CC(=O)N1CCCCCC(=O)N(C)[C@H](C(=O)CC)C(C)C.CC.CC.O. The van der Waals surface area contributed by atoms with Crippen molar-refractivity contribution >= 4 is 17.6 Å². The van der Waals surface area contributed by atoms with Crippen LogP contribution in [0.2, 0.25) is 0 Å². The summed E-state index contributed by atoms with van der Waals surface area (Å²) in [6.07, 6.45) is 6.59. The Bertz CT molecular complexity index is 509. The lowest BCUT2D eigenvalue weighted by Gasteiger charge is -2.30. The Morgan fingerprint density at radius 2 is 1.62 bits per heavy atom. The van der Waals surface area contributed by atoms with Gasteiger partial charge in [-0.05, 0) is 24.8 Å². The van der Waals surface area contributed by atoms with Gasteiger partial charge in [-0.15, -0.1) is 0 Å². The second kappa shape index (κ2) is 18.1.